The molecule has 1 atom stereocenters. The van der Waals surface area contributed by atoms with Gasteiger partial charge in [-0.1, -0.05) is 65.8 Å². The zero-order chi connectivity index (χ0) is 36.5. The van der Waals surface area contributed by atoms with Crippen LogP contribution in [0.4, 0.5) is 4.39 Å². The van der Waals surface area contributed by atoms with Gasteiger partial charge in [0.1, 0.15) is 17.2 Å². The van der Waals surface area contributed by atoms with Crippen LogP contribution in [0, 0.1) is 5.82 Å². The van der Waals surface area contributed by atoms with E-state index in [-0.39, 0.29) is 25.4 Å². The Labute approximate surface area is 295 Å². The predicted octanol–water partition coefficient (Wildman–Crippen LogP) is 7.17. The van der Waals surface area contributed by atoms with Crippen LogP contribution in [0.3, 0.4) is 0 Å². The number of ether oxygens (including phenoxy) is 2. The van der Waals surface area contributed by atoms with Gasteiger partial charge in [-0.2, -0.15) is 0 Å². The van der Waals surface area contributed by atoms with Crippen LogP contribution in [0.15, 0.2) is 95.5 Å². The van der Waals surface area contributed by atoms with Crippen molar-refractivity contribution in [1.82, 2.24) is 15.0 Å². The predicted molar refractivity (Wildman–Crippen MR) is 191 cm³/mol. The minimum Gasteiger partial charge on any atom is -0.469 e. The quantitative estimate of drug-likeness (QED) is 0.0872. The molecule has 0 bridgehead atoms. The van der Waals surface area contributed by atoms with E-state index in [1.807, 2.05) is 73.0 Å². The monoisotopic (exact) mass is 693 g/mol. The summed E-state index contributed by atoms with van der Waals surface area (Å²) in [6.07, 6.45) is 1.05. The van der Waals surface area contributed by atoms with Gasteiger partial charge in [0.2, 0.25) is 0 Å². The third-order valence-electron chi connectivity index (χ3n) is 8.18. The van der Waals surface area contributed by atoms with E-state index in [4.69, 9.17) is 9.26 Å². The van der Waals surface area contributed by atoms with Crippen LogP contribution in [0.5, 0.6) is 0 Å². The molecule has 0 saturated carbocycles. The van der Waals surface area contributed by atoms with Crippen molar-refractivity contribution in [2.45, 2.75) is 52.0 Å². The number of aromatic nitrogens is 2. The SMILES string of the molecule is COCc1cccc(-c2cc(CNC(=O)c3c(-c4ccccc4)c(-c4ccc(F)cc4)c(/C=C/C(=O)C[C@@H](O)CC(=O)OC)n3C(C)C)no2)c1. The number of aliphatic hydroxyl groups excluding tert-OH is 1. The van der Waals surface area contributed by atoms with Crippen molar-refractivity contribution in [1.29, 1.82) is 0 Å². The van der Waals surface area contributed by atoms with Gasteiger partial charge in [0.05, 0.1) is 38.5 Å². The molecular formula is C40H40FN3O7. The second-order valence-electron chi connectivity index (χ2n) is 12.3. The molecule has 10 nitrogen and oxygen atoms in total. The van der Waals surface area contributed by atoms with Crippen molar-refractivity contribution < 1.29 is 37.9 Å². The molecule has 0 aliphatic carbocycles. The molecule has 3 aromatic carbocycles. The smallest absolute Gasteiger partial charge is 0.308 e. The third-order valence-corrected chi connectivity index (χ3v) is 8.18. The Morgan fingerprint density at radius 2 is 1.63 bits per heavy atom. The van der Waals surface area contributed by atoms with Crippen LogP contribution in [-0.2, 0) is 32.2 Å². The Balaban J connectivity index is 1.57. The second kappa shape index (κ2) is 16.8. The van der Waals surface area contributed by atoms with Crippen molar-refractivity contribution in [2.24, 2.45) is 0 Å². The number of carbonyl (C=O) groups is 3. The number of aliphatic hydroxyl groups is 1. The Morgan fingerprint density at radius 3 is 2.31 bits per heavy atom. The maximum Gasteiger partial charge on any atom is 0.308 e. The molecule has 5 rings (SSSR count). The maximum absolute atomic E-state index is 14.4. The first kappa shape index (κ1) is 36.6. The van der Waals surface area contributed by atoms with E-state index in [0.29, 0.717) is 46.1 Å². The minimum absolute atomic E-state index is 0.0607. The number of benzene rings is 3. The molecule has 5 aromatic rings. The normalized spacial score (nSPS) is 12.0. The standard InChI is InChI=1S/C40H40FN3O7/c1-25(2)44-34(18-17-32(45)21-33(46)22-36(47)50-4)37(28-13-15-30(41)16-14-28)38(27-10-6-5-7-11-27)39(44)40(48)42-23-31-20-35(51-43-31)29-12-8-9-26(19-29)24-49-3/h5-20,25,33,46H,21-24H2,1-4H3,(H,42,48)/b18-17+/t33-/m1/s1. The largest absolute Gasteiger partial charge is 0.469 e. The Morgan fingerprint density at radius 1 is 0.922 bits per heavy atom. The maximum atomic E-state index is 14.4. The van der Waals surface area contributed by atoms with Gasteiger partial charge in [0, 0.05) is 42.3 Å². The number of ketones is 1. The lowest BCUT2D eigenvalue weighted by Gasteiger charge is -2.17. The van der Waals surface area contributed by atoms with Crippen LogP contribution in [0.1, 0.15) is 60.2 Å². The molecule has 2 heterocycles. The first-order valence-electron chi connectivity index (χ1n) is 16.5. The van der Waals surface area contributed by atoms with Crippen LogP contribution in [0.2, 0.25) is 0 Å². The number of halogens is 1. The first-order valence-corrected chi connectivity index (χ1v) is 16.5. The fourth-order valence-corrected chi connectivity index (χ4v) is 5.91. The lowest BCUT2D eigenvalue weighted by atomic mass is 9.94. The van der Waals surface area contributed by atoms with E-state index < -0.39 is 29.6 Å². The molecule has 0 aliphatic heterocycles. The number of hydrogen-bond acceptors (Lipinski definition) is 8. The minimum atomic E-state index is -1.23. The highest BCUT2D eigenvalue weighted by molar-refractivity contribution is 6.07. The Hall–Kier alpha value is -5.65. The molecular weight excluding hydrogens is 653 g/mol. The van der Waals surface area contributed by atoms with E-state index in [1.54, 1.807) is 31.4 Å². The van der Waals surface area contributed by atoms with Gasteiger partial charge in [-0.05, 0) is 60.9 Å². The summed E-state index contributed by atoms with van der Waals surface area (Å²) >= 11 is 0. The second-order valence-corrected chi connectivity index (χ2v) is 12.3. The molecule has 0 saturated heterocycles. The highest BCUT2D eigenvalue weighted by Gasteiger charge is 2.29. The fourth-order valence-electron chi connectivity index (χ4n) is 5.91. The molecule has 11 heteroatoms. The van der Waals surface area contributed by atoms with Gasteiger partial charge in [-0.3, -0.25) is 14.4 Å². The molecule has 0 unspecified atom stereocenters. The molecule has 51 heavy (non-hydrogen) atoms. The zero-order valence-electron chi connectivity index (χ0n) is 28.9. The number of amides is 1. The summed E-state index contributed by atoms with van der Waals surface area (Å²) in [6.45, 7) is 4.35. The van der Waals surface area contributed by atoms with Gasteiger partial charge in [-0.25, -0.2) is 4.39 Å². The summed E-state index contributed by atoms with van der Waals surface area (Å²) in [5.74, 6) is -1.36. The van der Waals surface area contributed by atoms with Gasteiger partial charge in [0.25, 0.3) is 5.91 Å². The number of esters is 1. The van der Waals surface area contributed by atoms with E-state index in [2.05, 4.69) is 15.2 Å². The summed E-state index contributed by atoms with van der Waals surface area (Å²) in [7, 11) is 2.84. The zero-order valence-corrected chi connectivity index (χ0v) is 28.9. The van der Waals surface area contributed by atoms with Gasteiger partial charge in [0.15, 0.2) is 11.5 Å². The molecule has 264 valence electrons. The summed E-state index contributed by atoms with van der Waals surface area (Å²) in [5, 5.41) is 17.5. The van der Waals surface area contributed by atoms with Crippen LogP contribution in [-0.4, -0.2) is 52.8 Å². The van der Waals surface area contributed by atoms with Crippen molar-refractivity contribution in [2.75, 3.05) is 14.2 Å². The number of nitrogens with one attached hydrogen (secondary N) is 1. The van der Waals surface area contributed by atoms with Crippen molar-refractivity contribution in [3.8, 4) is 33.6 Å². The summed E-state index contributed by atoms with van der Waals surface area (Å²) in [4.78, 5) is 39.0. The summed E-state index contributed by atoms with van der Waals surface area (Å²) < 4.78 is 31.5. The van der Waals surface area contributed by atoms with Gasteiger partial charge < -0.3 is 29.0 Å². The highest BCUT2D eigenvalue weighted by Crippen LogP contribution is 2.42. The Bertz CT molecular complexity index is 2010. The van der Waals surface area contributed by atoms with Crippen LogP contribution < -0.4 is 5.32 Å². The first-order chi connectivity index (χ1) is 24.6. The lowest BCUT2D eigenvalue weighted by Crippen LogP contribution is -2.27. The summed E-state index contributed by atoms with van der Waals surface area (Å²) in [5.41, 5.74) is 5.71. The molecule has 2 N–H and O–H groups in total. The van der Waals surface area contributed by atoms with E-state index in [0.717, 1.165) is 16.7 Å². The Kier molecular flexibility index (Phi) is 12.1. The third kappa shape index (κ3) is 8.94. The number of nitrogens with zero attached hydrogens (tertiary/aromatic N) is 2. The summed E-state index contributed by atoms with van der Waals surface area (Å²) in [6, 6.07) is 24.5. The topological polar surface area (TPSA) is 133 Å². The van der Waals surface area contributed by atoms with Crippen molar-refractivity contribution >= 4 is 23.7 Å². The fraction of sp³-hybridized carbons (Fsp3) is 0.250. The van der Waals surface area contributed by atoms with E-state index in [1.165, 1.54) is 25.3 Å². The lowest BCUT2D eigenvalue weighted by molar-refractivity contribution is -0.143. The number of hydrogen-bond donors (Lipinski definition) is 2. The van der Waals surface area contributed by atoms with Gasteiger partial charge >= 0.3 is 5.97 Å². The number of rotatable bonds is 15. The average Bonchev–Trinajstić information content (AvgIpc) is 3.74. The number of methoxy groups -OCH3 is 2. The molecule has 0 aliphatic rings. The van der Waals surface area contributed by atoms with Gasteiger partial charge in [-0.15, -0.1) is 0 Å². The number of carbonyl (C=O) groups excluding carboxylic acids is 3. The number of allylic oxidation sites excluding steroid dienone is 1. The van der Waals surface area contributed by atoms with Crippen molar-refractivity contribution in [3.63, 3.8) is 0 Å². The highest BCUT2D eigenvalue weighted by atomic mass is 19.1. The van der Waals surface area contributed by atoms with Crippen molar-refractivity contribution in [3.05, 3.63) is 119 Å². The molecule has 1 amide bonds. The van der Waals surface area contributed by atoms with E-state index in [9.17, 15) is 23.9 Å². The van der Waals surface area contributed by atoms with E-state index >= 15 is 0 Å². The molecule has 2 aromatic heterocycles. The van der Waals surface area contributed by atoms with Crippen LogP contribution in [0.25, 0.3) is 39.7 Å². The molecule has 0 fully saturated rings. The molecule has 0 radical (unpaired) electrons. The van der Waals surface area contributed by atoms with Crippen LogP contribution >= 0.6 is 0 Å². The molecule has 0 spiro atoms. The average molecular weight is 694 g/mol.